The molecule has 0 aliphatic carbocycles. The highest BCUT2D eigenvalue weighted by molar-refractivity contribution is 6.32. The van der Waals surface area contributed by atoms with Crippen LogP contribution in [-0.4, -0.2) is 40.2 Å². The molecule has 0 saturated carbocycles. The van der Waals surface area contributed by atoms with Gasteiger partial charge in [0.25, 0.3) is 5.91 Å². The summed E-state index contributed by atoms with van der Waals surface area (Å²) in [6.07, 6.45) is 1.03. The number of nitrogens with one attached hydrogen (secondary N) is 1. The second-order valence-corrected chi connectivity index (χ2v) is 6.07. The molecule has 3 rings (SSSR count). The Bertz CT molecular complexity index is 1010. The quantitative estimate of drug-likeness (QED) is 0.547. The molecule has 1 fully saturated rings. The highest BCUT2D eigenvalue weighted by Crippen LogP contribution is 2.24. The van der Waals surface area contributed by atoms with Crippen molar-refractivity contribution in [3.05, 3.63) is 53.6 Å². The number of hydrogen-bond acceptors (Lipinski definition) is 6. The lowest BCUT2D eigenvalue weighted by molar-refractivity contribution is -0.131. The molecule has 2 aromatic rings. The summed E-state index contributed by atoms with van der Waals surface area (Å²) in [5.41, 5.74) is 0.987. The molecule has 1 aliphatic rings. The van der Waals surface area contributed by atoms with Crippen molar-refractivity contribution in [2.24, 2.45) is 10.9 Å². The number of urea groups is 1. The van der Waals surface area contributed by atoms with E-state index < -0.39 is 35.5 Å². The van der Waals surface area contributed by atoms with E-state index in [0.717, 1.165) is 28.8 Å². The summed E-state index contributed by atoms with van der Waals surface area (Å²) >= 11 is 0. The number of carboxylic acid groups (broad SMARTS) is 1. The summed E-state index contributed by atoms with van der Waals surface area (Å²) < 4.78 is 0. The molecule has 2 aromatic carbocycles. The van der Waals surface area contributed by atoms with Gasteiger partial charge in [0.05, 0.1) is 11.4 Å². The molecule has 1 atom stereocenters. The second kappa shape index (κ2) is 7.31. The first-order valence-electron chi connectivity index (χ1n) is 8.14. The molecule has 1 unspecified atom stereocenters. The summed E-state index contributed by atoms with van der Waals surface area (Å²) in [6.45, 7) is 1.85. The minimum absolute atomic E-state index is 0.120. The van der Waals surface area contributed by atoms with Crippen molar-refractivity contribution in [1.29, 1.82) is 0 Å². The summed E-state index contributed by atoms with van der Waals surface area (Å²) in [7, 11) is 0. The molecule has 3 N–H and O–H groups in total. The van der Waals surface area contributed by atoms with E-state index in [1.165, 1.54) is 6.07 Å². The first kappa shape index (κ1) is 18.8. The van der Waals surface area contributed by atoms with E-state index in [-0.39, 0.29) is 11.3 Å². The van der Waals surface area contributed by atoms with Gasteiger partial charge in [-0.15, -0.1) is 0 Å². The van der Waals surface area contributed by atoms with Crippen LogP contribution in [0.4, 0.5) is 16.2 Å². The molecule has 28 heavy (non-hydrogen) atoms. The van der Waals surface area contributed by atoms with Gasteiger partial charge in [0, 0.05) is 6.21 Å². The Hall–Kier alpha value is -4.01. The summed E-state index contributed by atoms with van der Waals surface area (Å²) in [5, 5.41) is 20.6. The fraction of sp³-hybridized carbons (Fsp3) is 0.105. The van der Waals surface area contributed by atoms with E-state index in [0.29, 0.717) is 5.69 Å². The highest BCUT2D eigenvalue weighted by atomic mass is 16.4. The van der Waals surface area contributed by atoms with Crippen LogP contribution in [0.15, 0.2) is 47.5 Å². The molecular formula is C19H15N3O6. The SMILES string of the molecule is Cc1ccc(N2C(=O)NC(=O)C(C=Nc3ccc(O)c(C(=O)O)c3)C2=O)cc1. The number of carboxylic acids is 1. The van der Waals surface area contributed by atoms with Crippen molar-refractivity contribution in [2.45, 2.75) is 6.92 Å². The zero-order valence-corrected chi connectivity index (χ0v) is 14.6. The lowest BCUT2D eigenvalue weighted by atomic mass is 10.1. The van der Waals surface area contributed by atoms with Crippen LogP contribution < -0.4 is 10.2 Å². The molecule has 9 heteroatoms. The molecule has 0 radical (unpaired) electrons. The monoisotopic (exact) mass is 381 g/mol. The fourth-order valence-corrected chi connectivity index (χ4v) is 2.60. The highest BCUT2D eigenvalue weighted by Gasteiger charge is 2.40. The van der Waals surface area contributed by atoms with Crippen molar-refractivity contribution >= 4 is 41.4 Å². The second-order valence-electron chi connectivity index (χ2n) is 6.07. The Balaban J connectivity index is 1.89. The maximum Gasteiger partial charge on any atom is 0.339 e. The molecule has 142 valence electrons. The molecule has 1 saturated heterocycles. The lowest BCUT2D eigenvalue weighted by Gasteiger charge is -2.28. The third kappa shape index (κ3) is 3.58. The molecular weight excluding hydrogens is 366 g/mol. The van der Waals surface area contributed by atoms with E-state index in [2.05, 4.69) is 10.3 Å². The van der Waals surface area contributed by atoms with Gasteiger partial charge in [0.2, 0.25) is 5.91 Å². The van der Waals surface area contributed by atoms with Gasteiger partial charge in [0.15, 0.2) is 5.92 Å². The number of carbonyl (C=O) groups excluding carboxylic acids is 3. The number of rotatable bonds is 4. The molecule has 9 nitrogen and oxygen atoms in total. The van der Waals surface area contributed by atoms with Crippen LogP contribution in [0.2, 0.25) is 0 Å². The number of amides is 4. The molecule has 1 heterocycles. The standard InChI is InChI=1S/C19H15N3O6/c1-10-2-5-12(6-3-10)22-17(25)14(16(24)21-19(22)28)9-20-11-4-7-15(23)13(8-11)18(26)27/h2-9,14,23H,1H3,(H,26,27)(H,21,24,28). The zero-order chi connectivity index (χ0) is 20.4. The van der Waals surface area contributed by atoms with E-state index in [1.54, 1.807) is 24.3 Å². The minimum Gasteiger partial charge on any atom is -0.507 e. The van der Waals surface area contributed by atoms with Gasteiger partial charge in [-0.25, -0.2) is 14.5 Å². The third-order valence-corrected chi connectivity index (χ3v) is 4.08. The number of anilines is 1. The molecule has 0 bridgehead atoms. The van der Waals surface area contributed by atoms with Crippen molar-refractivity contribution in [2.75, 3.05) is 4.90 Å². The third-order valence-electron chi connectivity index (χ3n) is 4.08. The number of nitrogens with zero attached hydrogens (tertiary/aromatic N) is 2. The molecule has 0 spiro atoms. The Morgan fingerprint density at radius 3 is 2.46 bits per heavy atom. The molecule has 4 amide bonds. The van der Waals surface area contributed by atoms with Crippen LogP contribution in [0, 0.1) is 12.8 Å². The Morgan fingerprint density at radius 1 is 1.14 bits per heavy atom. The predicted molar refractivity (Wildman–Crippen MR) is 98.9 cm³/mol. The lowest BCUT2D eigenvalue weighted by Crippen LogP contribution is -2.58. The molecule has 1 aliphatic heterocycles. The van der Waals surface area contributed by atoms with Crippen molar-refractivity contribution < 1.29 is 29.4 Å². The van der Waals surface area contributed by atoms with E-state index in [1.807, 2.05) is 6.92 Å². The van der Waals surface area contributed by atoms with Gasteiger partial charge in [-0.3, -0.25) is 19.9 Å². The van der Waals surface area contributed by atoms with Crippen LogP contribution in [0.1, 0.15) is 15.9 Å². The van der Waals surface area contributed by atoms with E-state index >= 15 is 0 Å². The topological polar surface area (TPSA) is 136 Å². The van der Waals surface area contributed by atoms with Gasteiger partial charge >= 0.3 is 12.0 Å². The van der Waals surface area contributed by atoms with Crippen molar-refractivity contribution in [3.63, 3.8) is 0 Å². The normalized spacial score (nSPS) is 17.1. The zero-order valence-electron chi connectivity index (χ0n) is 14.6. The van der Waals surface area contributed by atoms with Gasteiger partial charge in [-0.05, 0) is 37.3 Å². The Morgan fingerprint density at radius 2 is 1.82 bits per heavy atom. The van der Waals surface area contributed by atoms with E-state index in [9.17, 15) is 24.3 Å². The molecule has 0 aromatic heterocycles. The van der Waals surface area contributed by atoms with Crippen molar-refractivity contribution in [3.8, 4) is 5.75 Å². The Labute approximate surface area is 158 Å². The van der Waals surface area contributed by atoms with Gasteiger partial charge in [-0.2, -0.15) is 0 Å². The van der Waals surface area contributed by atoms with Crippen molar-refractivity contribution in [1.82, 2.24) is 5.32 Å². The average Bonchev–Trinajstić information content (AvgIpc) is 2.63. The maximum absolute atomic E-state index is 12.7. The van der Waals surface area contributed by atoms with Gasteiger partial charge in [0.1, 0.15) is 11.3 Å². The first-order chi connectivity index (χ1) is 13.3. The Kier molecular flexibility index (Phi) is 4.90. The summed E-state index contributed by atoms with van der Waals surface area (Å²) in [5.74, 6) is -4.77. The summed E-state index contributed by atoms with van der Waals surface area (Å²) in [6, 6.07) is 9.31. The van der Waals surface area contributed by atoms with Crippen LogP contribution in [0.3, 0.4) is 0 Å². The van der Waals surface area contributed by atoms with Gasteiger partial charge < -0.3 is 10.2 Å². The number of carbonyl (C=O) groups is 4. The number of benzene rings is 2. The number of aryl methyl sites for hydroxylation is 1. The van der Waals surface area contributed by atoms with Crippen LogP contribution in [0.5, 0.6) is 5.75 Å². The number of aliphatic imine (C=N–C) groups is 1. The fourth-order valence-electron chi connectivity index (χ4n) is 2.60. The summed E-state index contributed by atoms with van der Waals surface area (Å²) in [4.78, 5) is 52.8. The van der Waals surface area contributed by atoms with Crippen LogP contribution >= 0.6 is 0 Å². The number of imide groups is 2. The predicted octanol–water partition coefficient (Wildman–Crippen LogP) is 2.00. The minimum atomic E-state index is -1.37. The van der Waals surface area contributed by atoms with Gasteiger partial charge in [-0.1, -0.05) is 17.7 Å². The van der Waals surface area contributed by atoms with Crippen LogP contribution in [-0.2, 0) is 9.59 Å². The number of aromatic carboxylic acids is 1. The number of aromatic hydroxyl groups is 1. The largest absolute Gasteiger partial charge is 0.507 e. The first-order valence-corrected chi connectivity index (χ1v) is 8.14. The average molecular weight is 381 g/mol. The van der Waals surface area contributed by atoms with Crippen LogP contribution in [0.25, 0.3) is 0 Å². The number of phenols is 1. The maximum atomic E-state index is 12.7. The number of hydrogen-bond donors (Lipinski definition) is 3. The number of barbiturate groups is 1. The smallest absolute Gasteiger partial charge is 0.339 e. The van der Waals surface area contributed by atoms with E-state index in [4.69, 9.17) is 5.11 Å².